The molecule has 148 valence electrons. The SMILES string of the molecule is COc1ccc(C(=O)/C=C/C(=O)N2CCN(C(=O)C(N)CO)CC2)cc1.Cl. The highest BCUT2D eigenvalue weighted by Gasteiger charge is 2.26. The molecule has 1 fully saturated rings. The topological polar surface area (TPSA) is 113 Å². The Labute approximate surface area is 164 Å². The Balaban J connectivity index is 0.00000364. The molecule has 1 heterocycles. The van der Waals surface area contributed by atoms with E-state index in [1.54, 1.807) is 36.3 Å². The first-order valence-corrected chi connectivity index (χ1v) is 8.27. The molecular weight excluding hydrogens is 374 g/mol. The summed E-state index contributed by atoms with van der Waals surface area (Å²) in [5.74, 6) is -0.242. The van der Waals surface area contributed by atoms with Gasteiger partial charge in [0, 0.05) is 37.8 Å². The Morgan fingerprint density at radius 3 is 2.19 bits per heavy atom. The first-order valence-electron chi connectivity index (χ1n) is 8.27. The molecule has 1 aromatic carbocycles. The van der Waals surface area contributed by atoms with Gasteiger partial charge in [0.05, 0.1) is 13.7 Å². The second-order valence-corrected chi connectivity index (χ2v) is 5.87. The predicted octanol–water partition coefficient (Wildman–Crippen LogP) is -0.154. The summed E-state index contributed by atoms with van der Waals surface area (Å²) >= 11 is 0. The summed E-state index contributed by atoms with van der Waals surface area (Å²) < 4.78 is 5.03. The Bertz CT molecular complexity index is 685. The highest BCUT2D eigenvalue weighted by Crippen LogP contribution is 2.12. The third kappa shape index (κ3) is 6.06. The van der Waals surface area contributed by atoms with Crippen LogP contribution in [-0.4, -0.2) is 78.4 Å². The summed E-state index contributed by atoms with van der Waals surface area (Å²) in [5, 5.41) is 8.94. The minimum absolute atomic E-state index is 0. The number of piperazine rings is 1. The number of hydrogen-bond donors (Lipinski definition) is 2. The zero-order valence-corrected chi connectivity index (χ0v) is 15.9. The van der Waals surface area contributed by atoms with E-state index < -0.39 is 12.6 Å². The maximum absolute atomic E-state index is 12.2. The number of methoxy groups -OCH3 is 1. The van der Waals surface area contributed by atoms with Crippen LogP contribution < -0.4 is 10.5 Å². The number of nitrogens with zero attached hydrogens (tertiary/aromatic N) is 2. The molecule has 0 aliphatic carbocycles. The average molecular weight is 398 g/mol. The van der Waals surface area contributed by atoms with E-state index in [9.17, 15) is 14.4 Å². The summed E-state index contributed by atoms with van der Waals surface area (Å²) in [6.45, 7) is 0.985. The standard InChI is InChI=1S/C18H23N3O5.ClH/c1-26-14-4-2-13(3-5-14)16(23)6-7-17(24)20-8-10-21(11-9-20)18(25)15(19)12-22;/h2-7,15,22H,8-12,19H2,1H3;1H/b7-6+;. The molecule has 1 unspecified atom stereocenters. The van der Waals surface area contributed by atoms with Crippen molar-refractivity contribution in [1.82, 2.24) is 9.80 Å². The first kappa shape index (κ1) is 22.6. The molecule has 1 saturated heterocycles. The quantitative estimate of drug-likeness (QED) is 0.509. The number of ether oxygens (including phenoxy) is 1. The molecule has 0 saturated carbocycles. The van der Waals surface area contributed by atoms with Crippen molar-refractivity contribution in [3.8, 4) is 5.75 Å². The van der Waals surface area contributed by atoms with Crippen LogP contribution in [0.5, 0.6) is 5.75 Å². The highest BCUT2D eigenvalue weighted by atomic mass is 35.5. The Morgan fingerprint density at radius 2 is 1.67 bits per heavy atom. The van der Waals surface area contributed by atoms with Crippen molar-refractivity contribution in [1.29, 1.82) is 0 Å². The second-order valence-electron chi connectivity index (χ2n) is 5.87. The zero-order chi connectivity index (χ0) is 19.1. The van der Waals surface area contributed by atoms with Crippen LogP contribution in [0, 0.1) is 0 Å². The number of ketones is 1. The molecule has 2 rings (SSSR count). The minimum Gasteiger partial charge on any atom is -0.497 e. The van der Waals surface area contributed by atoms with E-state index >= 15 is 0 Å². The number of halogens is 1. The van der Waals surface area contributed by atoms with Gasteiger partial charge in [0.25, 0.3) is 0 Å². The molecule has 0 bridgehead atoms. The normalized spacial score (nSPS) is 15.2. The van der Waals surface area contributed by atoms with Gasteiger partial charge in [-0.1, -0.05) is 0 Å². The zero-order valence-electron chi connectivity index (χ0n) is 15.0. The molecule has 0 radical (unpaired) electrons. The van der Waals surface area contributed by atoms with Gasteiger partial charge in [-0.05, 0) is 30.3 Å². The molecule has 9 heteroatoms. The number of carbonyl (C=O) groups is 3. The van der Waals surface area contributed by atoms with Crippen molar-refractivity contribution >= 4 is 30.0 Å². The van der Waals surface area contributed by atoms with Crippen LogP contribution in [0.2, 0.25) is 0 Å². The van der Waals surface area contributed by atoms with Crippen molar-refractivity contribution in [2.75, 3.05) is 39.9 Å². The summed E-state index contributed by atoms with van der Waals surface area (Å²) in [6, 6.07) is 5.68. The number of rotatable bonds is 6. The lowest BCUT2D eigenvalue weighted by Gasteiger charge is -2.35. The number of carbonyl (C=O) groups excluding carboxylic acids is 3. The fraction of sp³-hybridized carbons (Fsp3) is 0.389. The summed E-state index contributed by atoms with van der Waals surface area (Å²) in [5.41, 5.74) is 5.98. The van der Waals surface area contributed by atoms with E-state index in [1.807, 2.05) is 0 Å². The number of aliphatic hydroxyl groups is 1. The minimum atomic E-state index is -0.931. The van der Waals surface area contributed by atoms with Gasteiger partial charge in [0.2, 0.25) is 11.8 Å². The van der Waals surface area contributed by atoms with E-state index in [2.05, 4.69) is 0 Å². The maximum Gasteiger partial charge on any atom is 0.246 e. The number of hydrogen-bond acceptors (Lipinski definition) is 6. The third-order valence-electron chi connectivity index (χ3n) is 4.17. The van der Waals surface area contributed by atoms with Crippen LogP contribution in [0.15, 0.2) is 36.4 Å². The molecule has 3 N–H and O–H groups in total. The number of allylic oxidation sites excluding steroid dienone is 1. The van der Waals surface area contributed by atoms with E-state index in [0.29, 0.717) is 37.5 Å². The molecule has 1 aromatic rings. The lowest BCUT2D eigenvalue weighted by molar-refractivity contribution is -0.138. The molecular formula is C18H24ClN3O5. The monoisotopic (exact) mass is 397 g/mol. The van der Waals surface area contributed by atoms with Crippen molar-refractivity contribution < 1.29 is 24.2 Å². The lowest BCUT2D eigenvalue weighted by Crippen LogP contribution is -2.54. The summed E-state index contributed by atoms with van der Waals surface area (Å²) in [4.78, 5) is 39.3. The van der Waals surface area contributed by atoms with E-state index in [-0.39, 0.29) is 30.0 Å². The van der Waals surface area contributed by atoms with Gasteiger partial charge in [-0.3, -0.25) is 14.4 Å². The largest absolute Gasteiger partial charge is 0.497 e. The number of aliphatic hydroxyl groups excluding tert-OH is 1. The smallest absolute Gasteiger partial charge is 0.246 e. The van der Waals surface area contributed by atoms with Crippen LogP contribution in [0.1, 0.15) is 10.4 Å². The Hall–Kier alpha value is -2.42. The molecule has 1 aliphatic heterocycles. The Kier molecular flexibility index (Phi) is 8.93. The fourth-order valence-electron chi connectivity index (χ4n) is 2.56. The van der Waals surface area contributed by atoms with Gasteiger partial charge in [-0.15, -0.1) is 12.4 Å². The lowest BCUT2D eigenvalue weighted by atomic mass is 10.1. The van der Waals surface area contributed by atoms with Gasteiger partial charge < -0.3 is 25.4 Å². The molecule has 0 spiro atoms. The molecule has 0 aromatic heterocycles. The van der Waals surface area contributed by atoms with Gasteiger partial charge in [0.1, 0.15) is 11.8 Å². The fourth-order valence-corrected chi connectivity index (χ4v) is 2.56. The predicted molar refractivity (Wildman–Crippen MR) is 102 cm³/mol. The highest BCUT2D eigenvalue weighted by molar-refractivity contribution is 6.07. The van der Waals surface area contributed by atoms with E-state index in [1.165, 1.54) is 17.1 Å². The van der Waals surface area contributed by atoms with Crippen molar-refractivity contribution in [2.45, 2.75) is 6.04 Å². The third-order valence-corrected chi connectivity index (χ3v) is 4.17. The van der Waals surface area contributed by atoms with Crippen molar-refractivity contribution in [3.63, 3.8) is 0 Å². The van der Waals surface area contributed by atoms with E-state index in [0.717, 1.165) is 0 Å². The van der Waals surface area contributed by atoms with Gasteiger partial charge in [0.15, 0.2) is 5.78 Å². The summed E-state index contributed by atoms with van der Waals surface area (Å²) in [6.07, 6.45) is 2.48. The summed E-state index contributed by atoms with van der Waals surface area (Å²) in [7, 11) is 1.54. The molecule has 27 heavy (non-hydrogen) atoms. The average Bonchev–Trinajstić information content (AvgIpc) is 2.70. The van der Waals surface area contributed by atoms with Crippen LogP contribution in [0.4, 0.5) is 0 Å². The second kappa shape index (κ2) is 10.7. The first-order chi connectivity index (χ1) is 12.5. The van der Waals surface area contributed by atoms with Crippen LogP contribution in [0.25, 0.3) is 0 Å². The number of nitrogens with two attached hydrogens (primary N) is 1. The van der Waals surface area contributed by atoms with Gasteiger partial charge in [-0.25, -0.2) is 0 Å². The molecule has 8 nitrogen and oxygen atoms in total. The van der Waals surface area contributed by atoms with Crippen LogP contribution >= 0.6 is 12.4 Å². The van der Waals surface area contributed by atoms with Crippen molar-refractivity contribution in [3.05, 3.63) is 42.0 Å². The maximum atomic E-state index is 12.2. The van der Waals surface area contributed by atoms with Crippen LogP contribution in [0.3, 0.4) is 0 Å². The van der Waals surface area contributed by atoms with E-state index in [4.69, 9.17) is 15.6 Å². The number of amides is 2. The molecule has 1 atom stereocenters. The van der Waals surface area contributed by atoms with Crippen LogP contribution in [-0.2, 0) is 9.59 Å². The van der Waals surface area contributed by atoms with Gasteiger partial charge in [-0.2, -0.15) is 0 Å². The molecule has 1 aliphatic rings. The Morgan fingerprint density at radius 1 is 1.11 bits per heavy atom. The number of benzene rings is 1. The van der Waals surface area contributed by atoms with Gasteiger partial charge >= 0.3 is 0 Å². The van der Waals surface area contributed by atoms with Crippen molar-refractivity contribution in [2.24, 2.45) is 5.73 Å². The molecule has 2 amide bonds.